The molecule has 2 aromatic heterocycles. The smallest absolute Gasteiger partial charge is 0.164 e. The Labute approximate surface area is 346 Å². The van der Waals surface area contributed by atoms with E-state index in [1.807, 2.05) is 17.4 Å². The monoisotopic (exact) mass is 769 g/mol. The standard InChI is InChI=1S/C55H35N3S/c1-4-12-36(13-5-1)38-22-26-41(27-23-38)53-56-54(45-19-10-18-42(32-45)44-29-25-39-24-28-43(33-47(39)34-44)37-14-6-2-7-15-37)58-55(57-53)46-30-31-49-51(35-46)59-50-21-11-20-48(52(49)50)40-16-8-3-9-17-40/h1-35H. The minimum Gasteiger partial charge on any atom is -0.208 e. The van der Waals surface area contributed by atoms with Gasteiger partial charge in [0.25, 0.3) is 0 Å². The van der Waals surface area contributed by atoms with Gasteiger partial charge in [-0.05, 0) is 85.6 Å². The van der Waals surface area contributed by atoms with Crippen LogP contribution in [0.3, 0.4) is 0 Å². The topological polar surface area (TPSA) is 38.7 Å². The van der Waals surface area contributed by atoms with Gasteiger partial charge in [0.1, 0.15) is 0 Å². The first-order valence-corrected chi connectivity index (χ1v) is 20.6. The molecule has 0 amide bonds. The lowest BCUT2D eigenvalue weighted by Crippen LogP contribution is -2.00. The lowest BCUT2D eigenvalue weighted by atomic mass is 9.97. The second kappa shape index (κ2) is 14.8. The summed E-state index contributed by atoms with van der Waals surface area (Å²) in [5, 5.41) is 4.92. The molecule has 0 atom stereocenters. The largest absolute Gasteiger partial charge is 0.208 e. The number of nitrogens with zero attached hydrogens (tertiary/aromatic N) is 3. The van der Waals surface area contributed by atoms with Crippen molar-refractivity contribution in [2.75, 3.05) is 0 Å². The minimum absolute atomic E-state index is 0.633. The highest BCUT2D eigenvalue weighted by atomic mass is 32.1. The molecule has 0 saturated carbocycles. The van der Waals surface area contributed by atoms with Crippen LogP contribution in [0.1, 0.15) is 0 Å². The molecule has 0 aliphatic carbocycles. The molecule has 9 aromatic carbocycles. The SMILES string of the molecule is c1ccc(-c2ccc(-c3nc(-c4cccc(-c5ccc6ccc(-c7ccccc7)cc6c5)c4)nc(-c4ccc5c(c4)sc4cccc(-c6ccccc6)c45)n3)cc2)cc1. The number of benzene rings is 9. The van der Waals surface area contributed by atoms with Crippen LogP contribution in [0.15, 0.2) is 212 Å². The fourth-order valence-electron chi connectivity index (χ4n) is 8.10. The van der Waals surface area contributed by atoms with Crippen LogP contribution in [0.4, 0.5) is 0 Å². The predicted molar refractivity (Wildman–Crippen MR) is 248 cm³/mol. The van der Waals surface area contributed by atoms with Crippen molar-refractivity contribution in [3.63, 3.8) is 0 Å². The summed E-state index contributed by atoms with van der Waals surface area (Å²) in [6, 6.07) is 75.3. The van der Waals surface area contributed by atoms with Crippen molar-refractivity contribution in [2.24, 2.45) is 0 Å². The minimum atomic E-state index is 0.633. The van der Waals surface area contributed by atoms with Crippen LogP contribution in [-0.2, 0) is 0 Å². The Hall–Kier alpha value is -7.53. The zero-order chi connectivity index (χ0) is 39.1. The van der Waals surface area contributed by atoms with Crippen molar-refractivity contribution >= 4 is 42.3 Å². The predicted octanol–water partition coefficient (Wildman–Crippen LogP) is 15.1. The zero-order valence-electron chi connectivity index (χ0n) is 32.0. The summed E-state index contributed by atoms with van der Waals surface area (Å²) in [5.41, 5.74) is 12.3. The molecule has 0 N–H and O–H groups in total. The van der Waals surface area contributed by atoms with Crippen molar-refractivity contribution in [2.45, 2.75) is 0 Å². The van der Waals surface area contributed by atoms with Crippen LogP contribution in [0.25, 0.3) is 110 Å². The maximum atomic E-state index is 5.20. The summed E-state index contributed by atoms with van der Waals surface area (Å²) >= 11 is 1.81. The molecule has 0 spiro atoms. The number of hydrogen-bond acceptors (Lipinski definition) is 4. The third-order valence-corrected chi connectivity index (χ3v) is 12.2. The average molecular weight is 770 g/mol. The molecule has 11 rings (SSSR count). The Morgan fingerprint density at radius 1 is 0.271 bits per heavy atom. The lowest BCUT2D eigenvalue weighted by Gasteiger charge is -2.11. The first-order chi connectivity index (χ1) is 29.2. The molecule has 59 heavy (non-hydrogen) atoms. The van der Waals surface area contributed by atoms with Crippen LogP contribution in [0, 0.1) is 0 Å². The Morgan fingerprint density at radius 3 is 1.41 bits per heavy atom. The maximum absolute atomic E-state index is 5.20. The van der Waals surface area contributed by atoms with E-state index in [4.69, 9.17) is 15.0 Å². The first kappa shape index (κ1) is 34.7. The van der Waals surface area contributed by atoms with Crippen LogP contribution in [0.2, 0.25) is 0 Å². The van der Waals surface area contributed by atoms with Gasteiger partial charge in [-0.25, -0.2) is 15.0 Å². The quantitative estimate of drug-likeness (QED) is 0.162. The van der Waals surface area contributed by atoms with E-state index < -0.39 is 0 Å². The molecule has 0 bridgehead atoms. The number of fused-ring (bicyclic) bond motifs is 4. The van der Waals surface area contributed by atoms with Gasteiger partial charge in [-0.1, -0.05) is 182 Å². The molecular weight excluding hydrogens is 735 g/mol. The molecule has 0 saturated heterocycles. The Balaban J connectivity index is 1.02. The van der Waals surface area contributed by atoms with E-state index in [2.05, 4.69) is 206 Å². The fourth-order valence-corrected chi connectivity index (χ4v) is 9.27. The van der Waals surface area contributed by atoms with Gasteiger partial charge < -0.3 is 0 Å². The summed E-state index contributed by atoms with van der Waals surface area (Å²) < 4.78 is 2.46. The number of rotatable bonds is 7. The van der Waals surface area contributed by atoms with E-state index in [-0.39, 0.29) is 0 Å². The summed E-state index contributed by atoms with van der Waals surface area (Å²) in [4.78, 5) is 15.5. The van der Waals surface area contributed by atoms with Crippen molar-refractivity contribution in [1.82, 2.24) is 15.0 Å². The molecule has 0 aliphatic rings. The average Bonchev–Trinajstić information content (AvgIpc) is 3.70. The first-order valence-electron chi connectivity index (χ1n) is 19.8. The third kappa shape index (κ3) is 6.66. The van der Waals surface area contributed by atoms with Crippen molar-refractivity contribution < 1.29 is 0 Å². The van der Waals surface area contributed by atoms with Crippen LogP contribution in [0.5, 0.6) is 0 Å². The lowest BCUT2D eigenvalue weighted by molar-refractivity contribution is 1.07. The number of thiophene rings is 1. The molecular formula is C55H35N3S. The van der Waals surface area contributed by atoms with Crippen LogP contribution < -0.4 is 0 Å². The summed E-state index contributed by atoms with van der Waals surface area (Å²) in [7, 11) is 0. The number of aromatic nitrogens is 3. The van der Waals surface area contributed by atoms with Gasteiger partial charge in [0.2, 0.25) is 0 Å². The highest BCUT2D eigenvalue weighted by Crippen LogP contribution is 2.41. The van der Waals surface area contributed by atoms with E-state index in [1.54, 1.807) is 0 Å². The van der Waals surface area contributed by atoms with Gasteiger partial charge in [-0.3, -0.25) is 0 Å². The van der Waals surface area contributed by atoms with Crippen molar-refractivity contribution in [1.29, 1.82) is 0 Å². The molecule has 2 heterocycles. The zero-order valence-corrected chi connectivity index (χ0v) is 32.8. The normalized spacial score (nSPS) is 11.4. The van der Waals surface area contributed by atoms with Gasteiger partial charge >= 0.3 is 0 Å². The molecule has 11 aromatic rings. The van der Waals surface area contributed by atoms with E-state index >= 15 is 0 Å². The highest BCUT2D eigenvalue weighted by Gasteiger charge is 2.17. The summed E-state index contributed by atoms with van der Waals surface area (Å²) in [6.07, 6.45) is 0. The Bertz CT molecular complexity index is 3300. The maximum Gasteiger partial charge on any atom is 0.164 e. The van der Waals surface area contributed by atoms with Crippen LogP contribution in [-0.4, -0.2) is 15.0 Å². The van der Waals surface area contributed by atoms with Gasteiger partial charge in [-0.15, -0.1) is 11.3 Å². The molecule has 0 aliphatic heterocycles. The van der Waals surface area contributed by atoms with E-state index in [0.29, 0.717) is 17.5 Å². The second-order valence-corrected chi connectivity index (χ2v) is 15.9. The van der Waals surface area contributed by atoms with E-state index in [1.165, 1.54) is 58.8 Å². The van der Waals surface area contributed by atoms with E-state index in [9.17, 15) is 0 Å². The molecule has 4 heteroatoms. The second-order valence-electron chi connectivity index (χ2n) is 14.8. The van der Waals surface area contributed by atoms with Gasteiger partial charge in [0.15, 0.2) is 17.5 Å². The summed E-state index contributed by atoms with van der Waals surface area (Å²) in [5.74, 6) is 1.91. The highest BCUT2D eigenvalue weighted by molar-refractivity contribution is 7.26. The van der Waals surface area contributed by atoms with Gasteiger partial charge in [0, 0.05) is 36.9 Å². The van der Waals surface area contributed by atoms with E-state index in [0.717, 1.165) is 33.4 Å². The molecule has 3 nitrogen and oxygen atoms in total. The molecule has 0 unspecified atom stereocenters. The number of hydrogen-bond donors (Lipinski definition) is 0. The fraction of sp³-hybridized carbons (Fsp3) is 0. The molecule has 0 radical (unpaired) electrons. The Morgan fingerprint density at radius 2 is 0.729 bits per heavy atom. The van der Waals surface area contributed by atoms with Gasteiger partial charge in [0.05, 0.1) is 0 Å². The molecule has 0 fully saturated rings. The summed E-state index contributed by atoms with van der Waals surface area (Å²) in [6.45, 7) is 0. The van der Waals surface area contributed by atoms with Crippen molar-refractivity contribution in [3.05, 3.63) is 212 Å². The third-order valence-electron chi connectivity index (χ3n) is 11.1. The molecule has 276 valence electrons. The van der Waals surface area contributed by atoms with Crippen LogP contribution >= 0.6 is 11.3 Å². The van der Waals surface area contributed by atoms with Crippen molar-refractivity contribution in [3.8, 4) is 78.7 Å². The Kier molecular flexibility index (Phi) is 8.68. The van der Waals surface area contributed by atoms with Gasteiger partial charge in [-0.2, -0.15) is 0 Å².